The maximum atomic E-state index is 11.9. The first-order chi connectivity index (χ1) is 8.95. The number of carboxylic acid groups (broad SMARTS) is 1. The van der Waals surface area contributed by atoms with Gasteiger partial charge in [-0.15, -0.1) is 11.8 Å². The summed E-state index contributed by atoms with van der Waals surface area (Å²) in [6, 6.07) is 7.26. The Hall–Kier alpha value is -1.49. The van der Waals surface area contributed by atoms with E-state index in [-0.39, 0.29) is 11.8 Å². The van der Waals surface area contributed by atoms with E-state index in [2.05, 4.69) is 5.32 Å². The highest BCUT2D eigenvalue weighted by Gasteiger charge is 2.17. The van der Waals surface area contributed by atoms with Gasteiger partial charge in [0.15, 0.2) is 0 Å². The number of carboxylic acids is 1. The van der Waals surface area contributed by atoms with Crippen LogP contribution >= 0.6 is 11.8 Å². The molecule has 0 saturated carbocycles. The number of hydrogen-bond donors (Lipinski definition) is 2. The van der Waals surface area contributed by atoms with Gasteiger partial charge in [0.1, 0.15) is 5.25 Å². The van der Waals surface area contributed by atoms with E-state index in [1.54, 1.807) is 13.0 Å². The predicted molar refractivity (Wildman–Crippen MR) is 77.5 cm³/mol. The zero-order valence-electron chi connectivity index (χ0n) is 11.3. The molecule has 1 aromatic carbocycles. The van der Waals surface area contributed by atoms with Gasteiger partial charge in [0.2, 0.25) is 5.91 Å². The number of amides is 1. The average Bonchev–Trinajstić information content (AvgIpc) is 2.39. The third-order valence-electron chi connectivity index (χ3n) is 2.86. The molecule has 104 valence electrons. The standard InChI is InChI=1S/C14H19NO3S/c1-4-9(2)13(16)15-11-7-5-6-8-12(11)19-10(3)14(17)18/h5-10H,4H2,1-3H3,(H,15,16)(H,17,18)/t9-,10-/m1/s1. The summed E-state index contributed by atoms with van der Waals surface area (Å²) in [4.78, 5) is 23.5. The monoisotopic (exact) mass is 281 g/mol. The van der Waals surface area contributed by atoms with Crippen molar-refractivity contribution in [2.24, 2.45) is 5.92 Å². The second-order valence-electron chi connectivity index (χ2n) is 4.39. The molecule has 0 aliphatic carbocycles. The third-order valence-corrected chi connectivity index (χ3v) is 4.02. The van der Waals surface area contributed by atoms with E-state index in [0.717, 1.165) is 11.3 Å². The Labute approximate surface area is 117 Å². The fourth-order valence-electron chi connectivity index (χ4n) is 1.35. The molecular formula is C14H19NO3S. The highest BCUT2D eigenvalue weighted by atomic mass is 32.2. The maximum absolute atomic E-state index is 11.9. The van der Waals surface area contributed by atoms with Crippen LogP contribution in [0, 0.1) is 5.92 Å². The zero-order chi connectivity index (χ0) is 14.4. The van der Waals surface area contributed by atoms with Crippen molar-refractivity contribution in [2.45, 2.75) is 37.3 Å². The summed E-state index contributed by atoms with van der Waals surface area (Å²) >= 11 is 1.23. The molecule has 0 unspecified atom stereocenters. The lowest BCUT2D eigenvalue weighted by Crippen LogP contribution is -2.20. The van der Waals surface area contributed by atoms with Crippen molar-refractivity contribution in [1.82, 2.24) is 0 Å². The Morgan fingerprint density at radius 1 is 1.32 bits per heavy atom. The molecule has 0 fully saturated rings. The molecule has 1 aromatic rings. The summed E-state index contributed by atoms with van der Waals surface area (Å²) in [5.41, 5.74) is 0.672. The molecule has 0 aliphatic heterocycles. The van der Waals surface area contributed by atoms with E-state index in [1.807, 2.05) is 32.0 Å². The minimum absolute atomic E-state index is 0.0430. The first-order valence-corrected chi connectivity index (χ1v) is 7.13. The molecule has 1 rings (SSSR count). The number of benzene rings is 1. The number of nitrogens with one attached hydrogen (secondary N) is 1. The van der Waals surface area contributed by atoms with Crippen molar-refractivity contribution in [2.75, 3.05) is 5.32 Å². The maximum Gasteiger partial charge on any atom is 0.316 e. The van der Waals surface area contributed by atoms with Crippen LogP contribution in [0.15, 0.2) is 29.2 Å². The van der Waals surface area contributed by atoms with Gasteiger partial charge >= 0.3 is 5.97 Å². The molecule has 0 bridgehead atoms. The zero-order valence-corrected chi connectivity index (χ0v) is 12.2. The van der Waals surface area contributed by atoms with E-state index >= 15 is 0 Å². The minimum Gasteiger partial charge on any atom is -0.480 e. The lowest BCUT2D eigenvalue weighted by atomic mass is 10.1. The van der Waals surface area contributed by atoms with Crippen molar-refractivity contribution in [3.05, 3.63) is 24.3 Å². The molecule has 0 heterocycles. The van der Waals surface area contributed by atoms with E-state index in [0.29, 0.717) is 5.69 Å². The summed E-state index contributed by atoms with van der Waals surface area (Å²) in [7, 11) is 0. The van der Waals surface area contributed by atoms with Gasteiger partial charge in [-0.25, -0.2) is 0 Å². The quantitative estimate of drug-likeness (QED) is 0.786. The number of hydrogen-bond acceptors (Lipinski definition) is 3. The van der Waals surface area contributed by atoms with Crippen molar-refractivity contribution in [1.29, 1.82) is 0 Å². The van der Waals surface area contributed by atoms with Crippen LogP contribution in [0.25, 0.3) is 0 Å². The number of para-hydroxylation sites is 1. The van der Waals surface area contributed by atoms with Crippen LogP contribution in [0.4, 0.5) is 5.69 Å². The lowest BCUT2D eigenvalue weighted by Gasteiger charge is -2.14. The fraction of sp³-hybridized carbons (Fsp3) is 0.429. The molecular weight excluding hydrogens is 262 g/mol. The molecule has 19 heavy (non-hydrogen) atoms. The topological polar surface area (TPSA) is 66.4 Å². The van der Waals surface area contributed by atoms with Crippen LogP contribution in [-0.2, 0) is 9.59 Å². The number of rotatable bonds is 6. The van der Waals surface area contributed by atoms with Crippen LogP contribution in [0.5, 0.6) is 0 Å². The van der Waals surface area contributed by atoms with Gasteiger partial charge in [0.05, 0.1) is 5.69 Å². The van der Waals surface area contributed by atoms with E-state index in [9.17, 15) is 9.59 Å². The van der Waals surface area contributed by atoms with Crippen LogP contribution in [-0.4, -0.2) is 22.2 Å². The fourth-order valence-corrected chi connectivity index (χ4v) is 2.24. The molecule has 0 aliphatic rings. The van der Waals surface area contributed by atoms with E-state index in [1.165, 1.54) is 11.8 Å². The lowest BCUT2D eigenvalue weighted by molar-refractivity contribution is -0.136. The molecule has 5 heteroatoms. The number of anilines is 1. The minimum atomic E-state index is -0.868. The van der Waals surface area contributed by atoms with Crippen molar-refractivity contribution >= 4 is 29.3 Å². The van der Waals surface area contributed by atoms with Crippen molar-refractivity contribution in [3.8, 4) is 0 Å². The Kier molecular flexibility index (Phi) is 5.89. The highest BCUT2D eigenvalue weighted by Crippen LogP contribution is 2.30. The number of aliphatic carboxylic acids is 1. The van der Waals surface area contributed by atoms with E-state index < -0.39 is 11.2 Å². The van der Waals surface area contributed by atoms with Gasteiger partial charge in [-0.2, -0.15) is 0 Å². The second kappa shape index (κ2) is 7.19. The normalized spacial score (nSPS) is 13.6. The van der Waals surface area contributed by atoms with Crippen LogP contribution in [0.2, 0.25) is 0 Å². The molecule has 2 N–H and O–H groups in total. The Bertz CT molecular complexity index is 462. The van der Waals surface area contributed by atoms with Crippen LogP contribution in [0.1, 0.15) is 27.2 Å². The molecule has 0 radical (unpaired) electrons. The van der Waals surface area contributed by atoms with E-state index in [4.69, 9.17) is 5.11 Å². The summed E-state index contributed by atoms with van der Waals surface area (Å²) < 4.78 is 0. The Morgan fingerprint density at radius 2 is 1.95 bits per heavy atom. The largest absolute Gasteiger partial charge is 0.480 e. The first-order valence-electron chi connectivity index (χ1n) is 6.25. The number of thioether (sulfide) groups is 1. The third kappa shape index (κ3) is 4.59. The molecule has 0 aromatic heterocycles. The van der Waals surface area contributed by atoms with Gasteiger partial charge in [-0.3, -0.25) is 9.59 Å². The molecule has 1 amide bonds. The SMILES string of the molecule is CC[C@@H](C)C(=O)Nc1ccccc1S[C@H](C)C(=O)O. The smallest absolute Gasteiger partial charge is 0.316 e. The molecule has 0 saturated heterocycles. The average molecular weight is 281 g/mol. The van der Waals surface area contributed by atoms with Gasteiger partial charge < -0.3 is 10.4 Å². The first kappa shape index (κ1) is 15.6. The molecule has 0 spiro atoms. The summed E-state index contributed by atoms with van der Waals surface area (Å²) in [5.74, 6) is -0.971. The van der Waals surface area contributed by atoms with Gasteiger partial charge in [0, 0.05) is 10.8 Å². The van der Waals surface area contributed by atoms with Gasteiger partial charge in [-0.1, -0.05) is 26.0 Å². The van der Waals surface area contributed by atoms with Crippen LogP contribution in [0.3, 0.4) is 0 Å². The van der Waals surface area contributed by atoms with Crippen molar-refractivity contribution < 1.29 is 14.7 Å². The van der Waals surface area contributed by atoms with Gasteiger partial charge in [-0.05, 0) is 25.5 Å². The highest BCUT2D eigenvalue weighted by molar-refractivity contribution is 8.00. The number of carbonyl (C=O) groups is 2. The van der Waals surface area contributed by atoms with Gasteiger partial charge in [0.25, 0.3) is 0 Å². The predicted octanol–water partition coefficient (Wildman–Crippen LogP) is 3.24. The number of carbonyl (C=O) groups excluding carboxylic acids is 1. The van der Waals surface area contributed by atoms with Crippen LogP contribution < -0.4 is 5.32 Å². The molecule has 2 atom stereocenters. The summed E-state index contributed by atoms with van der Waals surface area (Å²) in [5, 5.41) is 11.2. The Morgan fingerprint density at radius 3 is 2.53 bits per heavy atom. The molecule has 4 nitrogen and oxygen atoms in total. The summed E-state index contributed by atoms with van der Waals surface area (Å²) in [6.45, 7) is 5.45. The summed E-state index contributed by atoms with van der Waals surface area (Å²) in [6.07, 6.45) is 0.771. The Balaban J connectivity index is 2.84. The van der Waals surface area contributed by atoms with Crippen molar-refractivity contribution in [3.63, 3.8) is 0 Å². The second-order valence-corrected chi connectivity index (χ2v) is 5.78.